The van der Waals surface area contributed by atoms with Gasteiger partial charge in [-0.05, 0) is 6.07 Å². The highest BCUT2D eigenvalue weighted by Crippen LogP contribution is 2.17. The van der Waals surface area contributed by atoms with Crippen molar-refractivity contribution in [1.29, 1.82) is 0 Å². The number of hydrogen-bond donors (Lipinski definition) is 0. The first kappa shape index (κ1) is 13.3. The molecule has 0 aromatic carbocycles. The molecule has 1 atom stereocenters. The molecule has 0 radical (unpaired) electrons. The minimum atomic E-state index is -0.158. The molecule has 0 aliphatic carbocycles. The summed E-state index contributed by atoms with van der Waals surface area (Å²) >= 11 is 0. The van der Waals surface area contributed by atoms with Gasteiger partial charge in [-0.15, -0.1) is 0 Å². The summed E-state index contributed by atoms with van der Waals surface area (Å²) in [5.41, 5.74) is 0.384. The Morgan fingerprint density at radius 1 is 1.48 bits per heavy atom. The van der Waals surface area contributed by atoms with Crippen molar-refractivity contribution in [2.45, 2.75) is 12.5 Å². The molecule has 2 aromatic rings. The number of carbonyl (C=O) groups excluding carboxylic acids is 1. The minimum Gasteiger partial charge on any atom is -0.619 e. The van der Waals surface area contributed by atoms with Crippen molar-refractivity contribution in [2.75, 3.05) is 13.1 Å². The smallest absolute Gasteiger partial charge is 0.260 e. The third kappa shape index (κ3) is 3.07. The molecule has 3 heterocycles. The van der Waals surface area contributed by atoms with E-state index in [1.165, 1.54) is 18.7 Å². The van der Waals surface area contributed by atoms with Crippen LogP contribution in [0, 0.1) is 5.21 Å². The van der Waals surface area contributed by atoms with E-state index < -0.39 is 0 Å². The predicted molar refractivity (Wildman–Crippen MR) is 72.4 cm³/mol. The van der Waals surface area contributed by atoms with E-state index >= 15 is 0 Å². The van der Waals surface area contributed by atoms with Gasteiger partial charge in [0.1, 0.15) is 18.0 Å². The summed E-state index contributed by atoms with van der Waals surface area (Å²) in [5, 5.41) is 11.2. The predicted octanol–water partition coefficient (Wildman–Crippen LogP) is 0.404. The van der Waals surface area contributed by atoms with Crippen molar-refractivity contribution < 1.29 is 14.3 Å². The first-order valence-electron chi connectivity index (χ1n) is 6.63. The van der Waals surface area contributed by atoms with Gasteiger partial charge in [0.25, 0.3) is 5.91 Å². The van der Waals surface area contributed by atoms with E-state index in [1.807, 2.05) is 0 Å². The number of rotatable bonds is 3. The molecule has 0 spiro atoms. The van der Waals surface area contributed by atoms with Gasteiger partial charge in [0.05, 0.1) is 6.54 Å². The highest BCUT2D eigenvalue weighted by atomic mass is 16.5. The van der Waals surface area contributed by atoms with Crippen molar-refractivity contribution in [3.8, 4) is 5.88 Å². The van der Waals surface area contributed by atoms with Gasteiger partial charge < -0.3 is 14.8 Å². The maximum absolute atomic E-state index is 12.3. The standard InChI is InChI=1S/C14H14N4O3/c19-14(11-2-1-6-18(20)8-11)17-7-4-12(9-17)21-13-3-5-15-10-16-13/h1-3,5-6,8,10,12H,4,7,9H2/t12-/m0/s1. The molecule has 7 nitrogen and oxygen atoms in total. The Hall–Kier alpha value is -2.70. The Morgan fingerprint density at radius 2 is 2.38 bits per heavy atom. The van der Waals surface area contributed by atoms with E-state index in [9.17, 15) is 10.0 Å². The molecule has 1 saturated heterocycles. The van der Waals surface area contributed by atoms with Crippen LogP contribution in [0.5, 0.6) is 5.88 Å². The molecule has 0 saturated carbocycles. The Balaban J connectivity index is 1.63. The molecule has 0 unspecified atom stereocenters. The second-order valence-electron chi connectivity index (χ2n) is 4.78. The molecular formula is C14H14N4O3. The summed E-state index contributed by atoms with van der Waals surface area (Å²) < 4.78 is 6.33. The summed E-state index contributed by atoms with van der Waals surface area (Å²) in [7, 11) is 0. The molecule has 108 valence electrons. The fourth-order valence-electron chi connectivity index (χ4n) is 2.29. The Bertz CT molecular complexity index is 635. The average molecular weight is 286 g/mol. The minimum absolute atomic E-state index is 0.0908. The largest absolute Gasteiger partial charge is 0.619 e. The van der Waals surface area contributed by atoms with Crippen LogP contribution < -0.4 is 9.47 Å². The van der Waals surface area contributed by atoms with Crippen molar-refractivity contribution in [3.05, 3.63) is 53.9 Å². The number of likely N-dealkylation sites (tertiary alicyclic amines) is 1. The third-order valence-corrected chi connectivity index (χ3v) is 3.30. The van der Waals surface area contributed by atoms with Crippen LogP contribution in [0.15, 0.2) is 43.1 Å². The second kappa shape index (κ2) is 5.74. The molecule has 3 rings (SSSR count). The van der Waals surface area contributed by atoms with Crippen LogP contribution in [0.2, 0.25) is 0 Å². The van der Waals surface area contributed by atoms with E-state index in [1.54, 1.807) is 29.3 Å². The summed E-state index contributed by atoms with van der Waals surface area (Å²) in [5.74, 6) is 0.343. The third-order valence-electron chi connectivity index (χ3n) is 3.30. The first-order valence-corrected chi connectivity index (χ1v) is 6.63. The Morgan fingerprint density at radius 3 is 3.14 bits per heavy atom. The van der Waals surface area contributed by atoms with Gasteiger partial charge in [-0.2, -0.15) is 4.73 Å². The van der Waals surface area contributed by atoms with E-state index in [0.717, 1.165) is 6.42 Å². The number of ether oxygens (including phenoxy) is 1. The van der Waals surface area contributed by atoms with Crippen LogP contribution in [0.1, 0.15) is 16.8 Å². The summed E-state index contributed by atoms with van der Waals surface area (Å²) in [6, 6.07) is 4.88. The lowest BCUT2D eigenvalue weighted by molar-refractivity contribution is -0.605. The molecule has 1 amide bonds. The van der Waals surface area contributed by atoms with Crippen molar-refractivity contribution in [1.82, 2.24) is 14.9 Å². The van der Waals surface area contributed by atoms with Gasteiger partial charge in [0, 0.05) is 31.3 Å². The molecule has 21 heavy (non-hydrogen) atoms. The van der Waals surface area contributed by atoms with E-state index in [4.69, 9.17) is 4.74 Å². The fourth-order valence-corrected chi connectivity index (χ4v) is 2.29. The highest BCUT2D eigenvalue weighted by Gasteiger charge is 2.29. The summed E-state index contributed by atoms with van der Waals surface area (Å²) in [6.07, 6.45) is 6.30. The maximum Gasteiger partial charge on any atom is 0.260 e. The first-order chi connectivity index (χ1) is 10.2. The number of pyridine rings is 1. The molecule has 1 aliphatic rings. The fraction of sp³-hybridized carbons (Fsp3) is 0.286. The van der Waals surface area contributed by atoms with Crippen LogP contribution in [0.4, 0.5) is 0 Å². The maximum atomic E-state index is 12.3. The van der Waals surface area contributed by atoms with Crippen molar-refractivity contribution >= 4 is 5.91 Å². The van der Waals surface area contributed by atoms with Gasteiger partial charge in [0.2, 0.25) is 5.88 Å². The Kier molecular flexibility index (Phi) is 3.63. The summed E-state index contributed by atoms with van der Waals surface area (Å²) in [4.78, 5) is 21.8. The second-order valence-corrected chi connectivity index (χ2v) is 4.78. The van der Waals surface area contributed by atoms with Gasteiger partial charge in [-0.25, -0.2) is 9.97 Å². The average Bonchev–Trinajstić information content (AvgIpc) is 2.96. The SMILES string of the molecule is O=C(c1ccc[n+]([O-])c1)N1CC[C@H](Oc2ccncn2)C1. The molecule has 1 aliphatic heterocycles. The van der Waals surface area contributed by atoms with Gasteiger partial charge in [0.15, 0.2) is 12.4 Å². The van der Waals surface area contributed by atoms with Crippen LogP contribution in [-0.2, 0) is 0 Å². The zero-order valence-corrected chi connectivity index (χ0v) is 11.3. The molecule has 1 fully saturated rings. The van der Waals surface area contributed by atoms with E-state index in [2.05, 4.69) is 9.97 Å². The highest BCUT2D eigenvalue weighted by molar-refractivity contribution is 5.93. The molecule has 0 N–H and O–H groups in total. The van der Waals surface area contributed by atoms with Crippen molar-refractivity contribution in [2.24, 2.45) is 0 Å². The lowest BCUT2D eigenvalue weighted by atomic mass is 10.2. The van der Waals surface area contributed by atoms with Gasteiger partial charge >= 0.3 is 0 Å². The normalized spacial score (nSPS) is 17.7. The van der Waals surface area contributed by atoms with Crippen LogP contribution in [0.25, 0.3) is 0 Å². The van der Waals surface area contributed by atoms with Crippen molar-refractivity contribution in [3.63, 3.8) is 0 Å². The number of hydrogen-bond acceptors (Lipinski definition) is 5. The topological polar surface area (TPSA) is 82.3 Å². The number of aromatic nitrogens is 3. The zero-order chi connectivity index (χ0) is 14.7. The number of amides is 1. The van der Waals surface area contributed by atoms with Gasteiger partial charge in [-0.1, -0.05) is 0 Å². The molecular weight excluding hydrogens is 272 g/mol. The lowest BCUT2D eigenvalue weighted by Crippen LogP contribution is -2.33. The van der Waals surface area contributed by atoms with Crippen LogP contribution in [0.3, 0.4) is 0 Å². The molecule has 0 bridgehead atoms. The van der Waals surface area contributed by atoms with Crippen LogP contribution >= 0.6 is 0 Å². The number of carbonyl (C=O) groups is 1. The lowest BCUT2D eigenvalue weighted by Gasteiger charge is -2.16. The monoisotopic (exact) mass is 286 g/mol. The molecule has 7 heteroatoms. The number of nitrogens with zero attached hydrogens (tertiary/aromatic N) is 4. The Labute approximate surface area is 121 Å². The quantitative estimate of drug-likeness (QED) is 0.602. The van der Waals surface area contributed by atoms with Gasteiger partial charge in [-0.3, -0.25) is 4.79 Å². The van der Waals surface area contributed by atoms with Crippen LogP contribution in [-0.4, -0.2) is 40.0 Å². The zero-order valence-electron chi connectivity index (χ0n) is 11.3. The van der Waals surface area contributed by atoms with E-state index in [-0.39, 0.29) is 12.0 Å². The summed E-state index contributed by atoms with van der Waals surface area (Å²) in [6.45, 7) is 1.08. The molecule has 2 aromatic heterocycles. The van der Waals surface area contributed by atoms with E-state index in [0.29, 0.717) is 29.3 Å².